The van der Waals surface area contributed by atoms with Crippen LogP contribution in [0.3, 0.4) is 0 Å². The van der Waals surface area contributed by atoms with E-state index in [0.717, 1.165) is 5.56 Å². The van der Waals surface area contributed by atoms with Crippen molar-refractivity contribution in [1.29, 1.82) is 0 Å². The SMILES string of the molecule is CNCc1ccc(CS(=O)(=O)NC(C)CC(F)(F)F)cc1. The molecule has 0 saturated carbocycles. The lowest BCUT2D eigenvalue weighted by atomic mass is 10.1. The van der Waals surface area contributed by atoms with E-state index in [1.165, 1.54) is 6.92 Å². The summed E-state index contributed by atoms with van der Waals surface area (Å²) in [7, 11) is -2.00. The summed E-state index contributed by atoms with van der Waals surface area (Å²) in [5, 5.41) is 2.96. The van der Waals surface area contributed by atoms with Gasteiger partial charge in [0.25, 0.3) is 0 Å². The topological polar surface area (TPSA) is 58.2 Å². The van der Waals surface area contributed by atoms with Crippen LogP contribution in [0.2, 0.25) is 0 Å². The number of sulfonamides is 1. The van der Waals surface area contributed by atoms with Crippen molar-refractivity contribution in [2.75, 3.05) is 7.05 Å². The van der Waals surface area contributed by atoms with Crippen molar-refractivity contribution >= 4 is 10.0 Å². The second kappa shape index (κ2) is 7.24. The van der Waals surface area contributed by atoms with E-state index in [0.29, 0.717) is 12.1 Å². The Morgan fingerprint density at radius 2 is 1.67 bits per heavy atom. The lowest BCUT2D eigenvalue weighted by molar-refractivity contribution is -0.137. The predicted octanol–water partition coefficient (Wildman–Crippen LogP) is 2.17. The molecular weight excluding hydrogens is 305 g/mol. The van der Waals surface area contributed by atoms with Crippen molar-refractivity contribution in [2.24, 2.45) is 0 Å². The second-order valence-electron chi connectivity index (χ2n) is 4.94. The fourth-order valence-corrected chi connectivity index (χ4v) is 3.32. The molecule has 1 aromatic carbocycles. The van der Waals surface area contributed by atoms with Gasteiger partial charge in [-0.3, -0.25) is 0 Å². The Bertz CT molecular complexity index is 542. The van der Waals surface area contributed by atoms with E-state index >= 15 is 0 Å². The van der Waals surface area contributed by atoms with Crippen LogP contribution in [0, 0.1) is 0 Å². The Hall–Kier alpha value is -1.12. The summed E-state index contributed by atoms with van der Waals surface area (Å²) in [5.41, 5.74) is 1.53. The largest absolute Gasteiger partial charge is 0.390 e. The first-order valence-electron chi connectivity index (χ1n) is 6.40. The van der Waals surface area contributed by atoms with Crippen molar-refractivity contribution < 1.29 is 21.6 Å². The summed E-state index contributed by atoms with van der Waals surface area (Å²) in [5.74, 6) is -0.338. The Kier molecular flexibility index (Phi) is 6.18. The molecule has 0 aromatic heterocycles. The molecule has 21 heavy (non-hydrogen) atoms. The van der Waals surface area contributed by atoms with Crippen LogP contribution in [-0.4, -0.2) is 27.7 Å². The van der Waals surface area contributed by atoms with Crippen molar-refractivity contribution in [3.63, 3.8) is 0 Å². The number of halogens is 3. The molecule has 0 fully saturated rings. The van der Waals surface area contributed by atoms with Gasteiger partial charge in [-0.2, -0.15) is 13.2 Å². The molecule has 0 saturated heterocycles. The molecule has 4 nitrogen and oxygen atoms in total. The molecule has 0 aliphatic carbocycles. The van der Waals surface area contributed by atoms with Crippen LogP contribution in [0.25, 0.3) is 0 Å². The Balaban J connectivity index is 2.63. The zero-order valence-corrected chi connectivity index (χ0v) is 12.7. The molecule has 0 spiro atoms. The fourth-order valence-electron chi connectivity index (χ4n) is 1.91. The Labute approximate surface area is 122 Å². The second-order valence-corrected chi connectivity index (χ2v) is 6.70. The monoisotopic (exact) mass is 324 g/mol. The third-order valence-corrected chi connectivity index (χ3v) is 4.15. The van der Waals surface area contributed by atoms with Crippen LogP contribution in [-0.2, 0) is 22.3 Å². The van der Waals surface area contributed by atoms with Crippen molar-refractivity contribution in [2.45, 2.75) is 37.9 Å². The van der Waals surface area contributed by atoms with E-state index in [-0.39, 0.29) is 5.75 Å². The molecule has 1 aromatic rings. The summed E-state index contributed by atoms with van der Waals surface area (Å²) in [6.07, 6.45) is -5.58. The van der Waals surface area contributed by atoms with Gasteiger partial charge in [0, 0.05) is 12.6 Å². The van der Waals surface area contributed by atoms with Crippen molar-refractivity contribution in [3.05, 3.63) is 35.4 Å². The number of alkyl halides is 3. The van der Waals surface area contributed by atoms with Gasteiger partial charge >= 0.3 is 6.18 Å². The lowest BCUT2D eigenvalue weighted by Gasteiger charge is -2.16. The van der Waals surface area contributed by atoms with Crippen LogP contribution < -0.4 is 10.0 Å². The van der Waals surface area contributed by atoms with E-state index in [9.17, 15) is 21.6 Å². The molecule has 8 heteroatoms. The number of hydrogen-bond acceptors (Lipinski definition) is 3. The number of hydrogen-bond donors (Lipinski definition) is 2. The maximum atomic E-state index is 12.2. The van der Waals surface area contributed by atoms with Crippen molar-refractivity contribution in [3.8, 4) is 0 Å². The Morgan fingerprint density at radius 1 is 1.14 bits per heavy atom. The van der Waals surface area contributed by atoms with Crippen LogP contribution in [0.15, 0.2) is 24.3 Å². The van der Waals surface area contributed by atoms with Crippen LogP contribution in [0.4, 0.5) is 13.2 Å². The summed E-state index contributed by atoms with van der Waals surface area (Å²) >= 11 is 0. The summed E-state index contributed by atoms with van der Waals surface area (Å²) < 4.78 is 62.2. The minimum Gasteiger partial charge on any atom is -0.316 e. The lowest BCUT2D eigenvalue weighted by Crippen LogP contribution is -2.36. The summed E-state index contributed by atoms with van der Waals surface area (Å²) in [6, 6.07) is 5.68. The zero-order valence-electron chi connectivity index (χ0n) is 11.9. The molecule has 0 radical (unpaired) electrons. The highest BCUT2D eigenvalue weighted by atomic mass is 32.2. The minimum absolute atomic E-state index is 0.338. The van der Waals surface area contributed by atoms with Gasteiger partial charge in [-0.25, -0.2) is 13.1 Å². The van der Waals surface area contributed by atoms with Gasteiger partial charge in [0.15, 0.2) is 0 Å². The van der Waals surface area contributed by atoms with Gasteiger partial charge in [-0.15, -0.1) is 0 Å². The van der Waals surface area contributed by atoms with Gasteiger partial charge in [0.2, 0.25) is 10.0 Å². The number of nitrogens with one attached hydrogen (secondary N) is 2. The first kappa shape index (κ1) is 17.9. The van der Waals surface area contributed by atoms with Gasteiger partial charge in [-0.05, 0) is 25.1 Å². The van der Waals surface area contributed by atoms with Crippen molar-refractivity contribution in [1.82, 2.24) is 10.0 Å². The maximum absolute atomic E-state index is 12.2. The predicted molar refractivity (Wildman–Crippen MR) is 75.1 cm³/mol. The molecule has 120 valence electrons. The van der Waals surface area contributed by atoms with Crippen LogP contribution in [0.1, 0.15) is 24.5 Å². The third-order valence-electron chi connectivity index (χ3n) is 2.68. The van der Waals surface area contributed by atoms with E-state index in [4.69, 9.17) is 0 Å². The quantitative estimate of drug-likeness (QED) is 0.808. The summed E-state index contributed by atoms with van der Waals surface area (Å²) in [6.45, 7) is 1.86. The maximum Gasteiger partial charge on any atom is 0.390 e. The van der Waals surface area contributed by atoms with E-state index < -0.39 is 28.7 Å². The molecule has 2 N–H and O–H groups in total. The van der Waals surface area contributed by atoms with Crippen LogP contribution in [0.5, 0.6) is 0 Å². The number of rotatable bonds is 7. The molecule has 0 aliphatic rings. The van der Waals surface area contributed by atoms with Gasteiger partial charge in [0.05, 0.1) is 12.2 Å². The fraction of sp³-hybridized carbons (Fsp3) is 0.538. The first-order chi connectivity index (χ1) is 9.61. The molecule has 1 unspecified atom stereocenters. The van der Waals surface area contributed by atoms with E-state index in [2.05, 4.69) is 5.32 Å². The minimum atomic E-state index is -4.39. The highest BCUT2D eigenvalue weighted by Gasteiger charge is 2.31. The number of benzene rings is 1. The van der Waals surface area contributed by atoms with Gasteiger partial charge < -0.3 is 5.32 Å². The molecule has 0 aliphatic heterocycles. The highest BCUT2D eigenvalue weighted by Crippen LogP contribution is 2.21. The standard InChI is InChI=1S/C13H19F3N2O2S/c1-10(7-13(14,15)16)18-21(19,20)9-12-5-3-11(4-6-12)8-17-2/h3-6,10,17-18H,7-9H2,1-2H3. The van der Waals surface area contributed by atoms with Gasteiger partial charge in [-0.1, -0.05) is 24.3 Å². The molecular formula is C13H19F3N2O2S. The Morgan fingerprint density at radius 3 is 2.14 bits per heavy atom. The zero-order chi connectivity index (χ0) is 16.1. The highest BCUT2D eigenvalue weighted by molar-refractivity contribution is 7.88. The smallest absolute Gasteiger partial charge is 0.316 e. The van der Waals surface area contributed by atoms with E-state index in [1.807, 2.05) is 4.72 Å². The van der Waals surface area contributed by atoms with Gasteiger partial charge in [0.1, 0.15) is 0 Å². The average molecular weight is 324 g/mol. The first-order valence-corrected chi connectivity index (χ1v) is 8.06. The molecule has 1 rings (SSSR count). The molecule has 0 bridgehead atoms. The molecule has 1 atom stereocenters. The van der Waals surface area contributed by atoms with Crippen LogP contribution >= 0.6 is 0 Å². The normalized spacial score (nSPS) is 14.1. The molecule has 0 heterocycles. The molecule has 0 amide bonds. The third kappa shape index (κ3) is 7.45. The summed E-state index contributed by atoms with van der Waals surface area (Å²) in [4.78, 5) is 0. The van der Waals surface area contributed by atoms with E-state index in [1.54, 1.807) is 31.3 Å². The average Bonchev–Trinajstić information content (AvgIpc) is 2.28.